The van der Waals surface area contributed by atoms with Crippen LogP contribution in [0.4, 0.5) is 17.6 Å². The zero-order valence-corrected chi connectivity index (χ0v) is 10.7. The molecule has 0 saturated carbocycles. The summed E-state index contributed by atoms with van der Waals surface area (Å²) in [4.78, 5) is 3.30. The van der Waals surface area contributed by atoms with Gasteiger partial charge in [-0.25, -0.2) is 4.39 Å². The maximum Gasteiger partial charge on any atom is 0.451 e. The average molecular weight is 312 g/mol. The van der Waals surface area contributed by atoms with Crippen LogP contribution in [-0.2, 0) is 11.9 Å². The molecular weight excluding hydrogens is 306 g/mol. The SMILES string of the molecule is Fc1ccc(CSc2n[nH]c(C(F)(F)F)n2)c(Cl)c1. The molecule has 0 aliphatic carbocycles. The van der Waals surface area contributed by atoms with Gasteiger partial charge in [0.2, 0.25) is 11.0 Å². The van der Waals surface area contributed by atoms with Crippen LogP contribution < -0.4 is 0 Å². The first kappa shape index (κ1) is 14.1. The molecule has 1 aromatic carbocycles. The Morgan fingerprint density at radius 1 is 1.32 bits per heavy atom. The summed E-state index contributed by atoms with van der Waals surface area (Å²) in [6, 6.07) is 3.82. The maximum atomic E-state index is 12.8. The van der Waals surface area contributed by atoms with Crippen molar-refractivity contribution in [2.45, 2.75) is 17.1 Å². The van der Waals surface area contributed by atoms with Gasteiger partial charge < -0.3 is 0 Å². The first-order valence-electron chi connectivity index (χ1n) is 4.92. The summed E-state index contributed by atoms with van der Waals surface area (Å²) >= 11 is 6.76. The van der Waals surface area contributed by atoms with Gasteiger partial charge in [0.15, 0.2) is 0 Å². The number of nitrogens with one attached hydrogen (secondary N) is 1. The lowest BCUT2D eigenvalue weighted by molar-refractivity contribution is -0.144. The summed E-state index contributed by atoms with van der Waals surface area (Å²) in [7, 11) is 0. The van der Waals surface area contributed by atoms with Crippen molar-refractivity contribution in [1.29, 1.82) is 0 Å². The van der Waals surface area contributed by atoms with Crippen molar-refractivity contribution in [2.75, 3.05) is 0 Å². The molecule has 0 fully saturated rings. The van der Waals surface area contributed by atoms with Crippen molar-refractivity contribution in [3.63, 3.8) is 0 Å². The van der Waals surface area contributed by atoms with Gasteiger partial charge in [0.1, 0.15) is 5.82 Å². The van der Waals surface area contributed by atoms with Gasteiger partial charge in [0.05, 0.1) is 0 Å². The second-order valence-electron chi connectivity index (χ2n) is 3.49. The van der Waals surface area contributed by atoms with Crippen LogP contribution in [0.15, 0.2) is 23.4 Å². The molecule has 102 valence electrons. The third-order valence-electron chi connectivity index (χ3n) is 2.11. The van der Waals surface area contributed by atoms with Gasteiger partial charge in [0, 0.05) is 10.8 Å². The first-order chi connectivity index (χ1) is 8.86. The first-order valence-corrected chi connectivity index (χ1v) is 6.29. The third kappa shape index (κ3) is 3.60. The number of H-pyrrole nitrogens is 1. The fourth-order valence-corrected chi connectivity index (χ4v) is 2.33. The minimum absolute atomic E-state index is 0.0484. The molecule has 0 aliphatic rings. The summed E-state index contributed by atoms with van der Waals surface area (Å²) in [6.45, 7) is 0. The number of halogens is 5. The lowest BCUT2D eigenvalue weighted by Gasteiger charge is -2.02. The molecule has 2 rings (SSSR count). The molecule has 0 atom stereocenters. The zero-order chi connectivity index (χ0) is 14.0. The Morgan fingerprint density at radius 2 is 2.05 bits per heavy atom. The van der Waals surface area contributed by atoms with Gasteiger partial charge in [-0.2, -0.15) is 18.2 Å². The maximum absolute atomic E-state index is 12.8. The predicted octanol–water partition coefficient (Wildman–Crippen LogP) is 3.91. The zero-order valence-electron chi connectivity index (χ0n) is 9.13. The van der Waals surface area contributed by atoms with Crippen molar-refractivity contribution >= 4 is 23.4 Å². The molecule has 0 aliphatic heterocycles. The summed E-state index contributed by atoms with van der Waals surface area (Å²) in [6.07, 6.45) is -4.56. The van der Waals surface area contributed by atoms with Gasteiger partial charge in [-0.05, 0) is 17.7 Å². The van der Waals surface area contributed by atoms with Crippen LogP contribution in [0, 0.1) is 5.82 Å². The van der Waals surface area contributed by atoms with Crippen LogP contribution in [0.3, 0.4) is 0 Å². The number of aromatic nitrogens is 3. The van der Waals surface area contributed by atoms with E-state index in [4.69, 9.17) is 11.6 Å². The largest absolute Gasteiger partial charge is 0.451 e. The molecule has 9 heteroatoms. The van der Waals surface area contributed by atoms with Gasteiger partial charge in [-0.1, -0.05) is 29.4 Å². The highest BCUT2D eigenvalue weighted by atomic mass is 35.5. The second kappa shape index (κ2) is 5.38. The highest BCUT2D eigenvalue weighted by molar-refractivity contribution is 7.98. The van der Waals surface area contributed by atoms with Crippen molar-refractivity contribution in [3.8, 4) is 0 Å². The predicted molar refractivity (Wildman–Crippen MR) is 62.4 cm³/mol. The monoisotopic (exact) mass is 311 g/mol. The van der Waals surface area contributed by atoms with Crippen molar-refractivity contribution in [2.24, 2.45) is 0 Å². The van der Waals surface area contributed by atoms with Crippen LogP contribution in [0.2, 0.25) is 5.02 Å². The Balaban J connectivity index is 2.04. The Kier molecular flexibility index (Phi) is 4.00. The van der Waals surface area contributed by atoms with E-state index in [-0.39, 0.29) is 15.9 Å². The normalized spacial score (nSPS) is 11.8. The molecule has 0 unspecified atom stereocenters. The fourth-order valence-electron chi connectivity index (χ4n) is 1.22. The van der Waals surface area contributed by atoms with E-state index >= 15 is 0 Å². The number of aromatic amines is 1. The van der Waals surface area contributed by atoms with E-state index in [1.165, 1.54) is 12.1 Å². The molecule has 0 amide bonds. The molecule has 1 heterocycles. The van der Waals surface area contributed by atoms with Crippen LogP contribution in [0.25, 0.3) is 0 Å². The molecule has 0 saturated heterocycles. The molecular formula is C10H6ClF4N3S. The molecule has 0 radical (unpaired) electrons. The quantitative estimate of drug-likeness (QED) is 0.690. The van der Waals surface area contributed by atoms with Gasteiger partial charge in [0.25, 0.3) is 0 Å². The smallest absolute Gasteiger partial charge is 0.254 e. The number of thioether (sulfide) groups is 1. The standard InChI is InChI=1S/C10H6ClF4N3S/c11-7-3-6(12)2-1-5(7)4-19-9-16-8(17-18-9)10(13,14)15/h1-3H,4H2,(H,16,17,18). The van der Waals surface area contributed by atoms with Gasteiger partial charge in [-0.3, -0.25) is 5.10 Å². The second-order valence-corrected chi connectivity index (χ2v) is 4.84. The lowest BCUT2D eigenvalue weighted by Crippen LogP contribution is -2.07. The average Bonchev–Trinajstić information content (AvgIpc) is 2.76. The van der Waals surface area contributed by atoms with Crippen LogP contribution in [0.1, 0.15) is 11.4 Å². The number of alkyl halides is 3. The number of hydrogen-bond acceptors (Lipinski definition) is 3. The number of benzene rings is 1. The van der Waals surface area contributed by atoms with Crippen molar-refractivity contribution < 1.29 is 17.6 Å². The molecule has 0 bridgehead atoms. The molecule has 3 nitrogen and oxygen atoms in total. The van der Waals surface area contributed by atoms with E-state index in [1.54, 1.807) is 5.10 Å². The van der Waals surface area contributed by atoms with Crippen LogP contribution in [0.5, 0.6) is 0 Å². The van der Waals surface area contributed by atoms with E-state index in [9.17, 15) is 17.6 Å². The number of nitrogens with zero attached hydrogens (tertiary/aromatic N) is 2. The fraction of sp³-hybridized carbons (Fsp3) is 0.200. The summed E-state index contributed by atoms with van der Waals surface area (Å²) < 4.78 is 49.6. The Hall–Kier alpha value is -1.28. The minimum atomic E-state index is -4.56. The molecule has 2 aromatic rings. The Labute approximate surface area is 114 Å². The minimum Gasteiger partial charge on any atom is -0.254 e. The summed E-state index contributed by atoms with van der Waals surface area (Å²) in [5, 5.41) is 5.40. The van der Waals surface area contributed by atoms with Gasteiger partial charge in [-0.15, -0.1) is 5.10 Å². The molecule has 1 N–H and O–H groups in total. The van der Waals surface area contributed by atoms with Crippen LogP contribution >= 0.6 is 23.4 Å². The van der Waals surface area contributed by atoms with Gasteiger partial charge >= 0.3 is 6.18 Å². The Bertz CT molecular complexity index is 584. The van der Waals surface area contributed by atoms with E-state index in [2.05, 4.69) is 10.1 Å². The van der Waals surface area contributed by atoms with Crippen molar-refractivity contribution in [3.05, 3.63) is 40.4 Å². The van der Waals surface area contributed by atoms with E-state index in [0.29, 0.717) is 5.56 Å². The molecule has 0 spiro atoms. The topological polar surface area (TPSA) is 41.6 Å². The van der Waals surface area contributed by atoms with E-state index in [1.807, 2.05) is 0 Å². The number of rotatable bonds is 3. The molecule has 19 heavy (non-hydrogen) atoms. The lowest BCUT2D eigenvalue weighted by atomic mass is 10.2. The number of hydrogen-bond donors (Lipinski definition) is 1. The van der Waals surface area contributed by atoms with E-state index in [0.717, 1.165) is 17.8 Å². The highest BCUT2D eigenvalue weighted by Gasteiger charge is 2.35. The third-order valence-corrected chi connectivity index (χ3v) is 3.35. The summed E-state index contributed by atoms with van der Waals surface area (Å²) in [5.74, 6) is -1.38. The summed E-state index contributed by atoms with van der Waals surface area (Å²) in [5.41, 5.74) is 0.589. The van der Waals surface area contributed by atoms with Crippen LogP contribution in [-0.4, -0.2) is 15.2 Å². The Morgan fingerprint density at radius 3 is 2.63 bits per heavy atom. The highest BCUT2D eigenvalue weighted by Crippen LogP contribution is 2.29. The van der Waals surface area contributed by atoms with Crippen molar-refractivity contribution in [1.82, 2.24) is 15.2 Å². The molecule has 1 aromatic heterocycles. The van der Waals surface area contributed by atoms with E-state index < -0.39 is 17.8 Å².